The summed E-state index contributed by atoms with van der Waals surface area (Å²) in [7, 11) is 1.95. The van der Waals surface area contributed by atoms with Gasteiger partial charge in [-0.1, -0.05) is 0 Å². The molecule has 2 nitrogen and oxygen atoms in total. The van der Waals surface area contributed by atoms with Crippen molar-refractivity contribution in [2.45, 2.75) is 33.3 Å². The van der Waals surface area contributed by atoms with Crippen molar-refractivity contribution in [3.8, 4) is 0 Å². The van der Waals surface area contributed by atoms with Crippen LogP contribution in [0.3, 0.4) is 0 Å². The average molecular weight is 157 g/mol. The van der Waals surface area contributed by atoms with Gasteiger partial charge in [-0.25, -0.2) is 0 Å². The molecule has 0 saturated heterocycles. The van der Waals surface area contributed by atoms with Crippen LogP contribution in [0, 0.1) is 0 Å². The topological polar surface area (TPSA) is 21.3 Å². The summed E-state index contributed by atoms with van der Waals surface area (Å²) in [5, 5.41) is 3.09. The second kappa shape index (κ2) is 6.23. The van der Waals surface area contributed by atoms with Crippen LogP contribution >= 0.6 is 0 Å². The van der Waals surface area contributed by atoms with Crippen LogP contribution in [-0.2, 0) is 4.74 Å². The first-order valence-electron chi connectivity index (χ1n) is 4.15. The summed E-state index contributed by atoms with van der Waals surface area (Å²) < 4.78 is 5.52. The highest BCUT2D eigenvalue weighted by Crippen LogP contribution is 2.03. The van der Waals surface area contributed by atoms with Gasteiger partial charge in [0.25, 0.3) is 0 Å². The third kappa shape index (κ3) is 5.92. The second-order valence-electron chi connectivity index (χ2n) is 2.72. The molecular formula is C9H19NO. The maximum Gasteiger partial charge on any atom is 0.0966 e. The van der Waals surface area contributed by atoms with Crippen molar-refractivity contribution in [1.82, 2.24) is 5.32 Å². The lowest BCUT2D eigenvalue weighted by atomic mass is 10.3. The molecule has 0 aromatic carbocycles. The van der Waals surface area contributed by atoms with Crippen LogP contribution < -0.4 is 5.32 Å². The number of rotatable bonds is 5. The smallest absolute Gasteiger partial charge is 0.0966 e. The van der Waals surface area contributed by atoms with Crippen LogP contribution in [0.5, 0.6) is 0 Å². The normalized spacial score (nSPS) is 14.7. The second-order valence-corrected chi connectivity index (χ2v) is 2.72. The fourth-order valence-electron chi connectivity index (χ4n) is 0.792. The minimum atomic E-state index is 0.318. The third-order valence-electron chi connectivity index (χ3n) is 1.59. The lowest BCUT2D eigenvalue weighted by molar-refractivity contribution is 0.125. The average Bonchev–Trinajstić information content (AvgIpc) is 2.00. The molecule has 0 aromatic rings. The van der Waals surface area contributed by atoms with Gasteiger partial charge in [-0.3, -0.25) is 0 Å². The Balaban J connectivity index is 3.43. The molecule has 0 aliphatic heterocycles. The Hall–Kier alpha value is -0.500. The van der Waals surface area contributed by atoms with Crippen molar-refractivity contribution in [3.05, 3.63) is 11.8 Å². The maximum atomic E-state index is 5.52. The van der Waals surface area contributed by atoms with Crippen LogP contribution in [0.2, 0.25) is 0 Å². The molecule has 0 heterocycles. The molecule has 1 unspecified atom stereocenters. The van der Waals surface area contributed by atoms with Crippen LogP contribution in [0.1, 0.15) is 27.2 Å². The van der Waals surface area contributed by atoms with E-state index in [1.807, 2.05) is 27.0 Å². The van der Waals surface area contributed by atoms with Gasteiger partial charge in [0.2, 0.25) is 0 Å². The maximum absolute atomic E-state index is 5.52. The van der Waals surface area contributed by atoms with Crippen LogP contribution in [0.25, 0.3) is 0 Å². The molecule has 0 aromatic heterocycles. The van der Waals surface area contributed by atoms with Crippen molar-refractivity contribution < 1.29 is 4.74 Å². The summed E-state index contributed by atoms with van der Waals surface area (Å²) in [5.74, 6) is 1.01. The Morgan fingerprint density at radius 2 is 2.27 bits per heavy atom. The fraction of sp³-hybridized carbons (Fsp3) is 0.778. The molecule has 0 saturated carbocycles. The molecule has 66 valence electrons. The van der Waals surface area contributed by atoms with E-state index in [4.69, 9.17) is 4.74 Å². The standard InChI is InChI=1S/C9H19NO/c1-5-8(2)11-9(3)6-7-10-4/h5,9-10H,6-7H2,1-4H3/b8-5-. The summed E-state index contributed by atoms with van der Waals surface area (Å²) in [4.78, 5) is 0. The molecular weight excluding hydrogens is 138 g/mol. The monoisotopic (exact) mass is 157 g/mol. The zero-order valence-corrected chi connectivity index (χ0v) is 7.98. The van der Waals surface area contributed by atoms with Crippen molar-refractivity contribution in [3.63, 3.8) is 0 Å². The molecule has 0 radical (unpaired) electrons. The van der Waals surface area contributed by atoms with Crippen molar-refractivity contribution >= 4 is 0 Å². The van der Waals surface area contributed by atoms with Crippen LogP contribution in [0.4, 0.5) is 0 Å². The van der Waals surface area contributed by atoms with E-state index in [2.05, 4.69) is 12.2 Å². The van der Waals surface area contributed by atoms with Gasteiger partial charge in [-0.15, -0.1) is 0 Å². The Morgan fingerprint density at radius 3 is 2.73 bits per heavy atom. The van der Waals surface area contributed by atoms with Crippen molar-refractivity contribution in [1.29, 1.82) is 0 Å². The first-order chi connectivity index (χ1) is 5.20. The molecule has 1 N–H and O–H groups in total. The molecule has 0 fully saturated rings. The minimum absolute atomic E-state index is 0.318. The highest BCUT2D eigenvalue weighted by Gasteiger charge is 2.00. The summed E-state index contributed by atoms with van der Waals surface area (Å²) in [6, 6.07) is 0. The van der Waals surface area contributed by atoms with Gasteiger partial charge in [-0.2, -0.15) is 0 Å². The fourth-order valence-corrected chi connectivity index (χ4v) is 0.792. The van der Waals surface area contributed by atoms with Crippen molar-refractivity contribution in [2.75, 3.05) is 13.6 Å². The van der Waals surface area contributed by atoms with Crippen LogP contribution in [0.15, 0.2) is 11.8 Å². The lowest BCUT2D eigenvalue weighted by Gasteiger charge is -2.14. The third-order valence-corrected chi connectivity index (χ3v) is 1.59. The van der Waals surface area contributed by atoms with E-state index in [0.717, 1.165) is 18.7 Å². The minimum Gasteiger partial charge on any atom is -0.496 e. The molecule has 0 rings (SSSR count). The number of allylic oxidation sites excluding steroid dienone is 2. The van der Waals surface area contributed by atoms with Crippen molar-refractivity contribution in [2.24, 2.45) is 0 Å². The Labute approximate surface area is 69.6 Å². The predicted molar refractivity (Wildman–Crippen MR) is 48.5 cm³/mol. The molecule has 0 spiro atoms. The Morgan fingerprint density at radius 1 is 1.64 bits per heavy atom. The van der Waals surface area contributed by atoms with E-state index in [9.17, 15) is 0 Å². The zero-order chi connectivity index (χ0) is 8.69. The molecule has 0 amide bonds. The molecule has 0 bridgehead atoms. The van der Waals surface area contributed by atoms with E-state index < -0.39 is 0 Å². The SMILES string of the molecule is C/C=C(/C)OC(C)CCNC. The quantitative estimate of drug-likeness (QED) is 0.616. The summed E-state index contributed by atoms with van der Waals surface area (Å²) >= 11 is 0. The van der Waals surface area contributed by atoms with E-state index in [0.29, 0.717) is 6.10 Å². The Kier molecular flexibility index (Phi) is 5.94. The summed E-state index contributed by atoms with van der Waals surface area (Å²) in [5.41, 5.74) is 0. The predicted octanol–water partition coefficient (Wildman–Crippen LogP) is 1.92. The first kappa shape index (κ1) is 10.5. The number of hydrogen-bond acceptors (Lipinski definition) is 2. The van der Waals surface area contributed by atoms with E-state index in [1.165, 1.54) is 0 Å². The number of ether oxygens (including phenoxy) is 1. The number of nitrogens with one attached hydrogen (secondary N) is 1. The zero-order valence-electron chi connectivity index (χ0n) is 7.98. The highest BCUT2D eigenvalue weighted by molar-refractivity contribution is 4.85. The largest absolute Gasteiger partial charge is 0.496 e. The van der Waals surface area contributed by atoms with Gasteiger partial charge in [0.05, 0.1) is 11.9 Å². The van der Waals surface area contributed by atoms with E-state index in [-0.39, 0.29) is 0 Å². The van der Waals surface area contributed by atoms with Crippen LogP contribution in [-0.4, -0.2) is 19.7 Å². The molecule has 1 atom stereocenters. The van der Waals surface area contributed by atoms with Gasteiger partial charge in [-0.05, 0) is 46.9 Å². The highest BCUT2D eigenvalue weighted by atomic mass is 16.5. The summed E-state index contributed by atoms with van der Waals surface area (Å²) in [6.45, 7) is 7.07. The molecule has 11 heavy (non-hydrogen) atoms. The first-order valence-corrected chi connectivity index (χ1v) is 4.15. The van der Waals surface area contributed by atoms with Gasteiger partial charge in [0, 0.05) is 0 Å². The Bertz CT molecular complexity index is 121. The molecule has 0 aliphatic rings. The van der Waals surface area contributed by atoms with Gasteiger partial charge in [0.15, 0.2) is 0 Å². The molecule has 2 heteroatoms. The lowest BCUT2D eigenvalue weighted by Crippen LogP contribution is -2.16. The van der Waals surface area contributed by atoms with Gasteiger partial charge < -0.3 is 10.1 Å². The van der Waals surface area contributed by atoms with E-state index >= 15 is 0 Å². The summed E-state index contributed by atoms with van der Waals surface area (Å²) in [6.07, 6.45) is 3.36. The van der Waals surface area contributed by atoms with Gasteiger partial charge in [0.1, 0.15) is 0 Å². The number of hydrogen-bond donors (Lipinski definition) is 1. The van der Waals surface area contributed by atoms with E-state index in [1.54, 1.807) is 0 Å². The molecule has 0 aliphatic carbocycles. The van der Waals surface area contributed by atoms with Gasteiger partial charge >= 0.3 is 0 Å².